The van der Waals surface area contributed by atoms with Gasteiger partial charge < -0.3 is 5.32 Å². The summed E-state index contributed by atoms with van der Waals surface area (Å²) in [6.45, 7) is 2.76. The van der Waals surface area contributed by atoms with E-state index in [1.165, 1.54) is 0 Å². The topological polar surface area (TPSA) is 88.5 Å². The van der Waals surface area contributed by atoms with Crippen LogP contribution in [0.3, 0.4) is 0 Å². The van der Waals surface area contributed by atoms with Crippen molar-refractivity contribution in [1.29, 1.82) is 0 Å². The van der Waals surface area contributed by atoms with Gasteiger partial charge in [0.05, 0.1) is 11.7 Å². The Hall–Kier alpha value is -3.22. The lowest BCUT2D eigenvalue weighted by Gasteiger charge is -2.10. The molecule has 1 aromatic carbocycles. The summed E-state index contributed by atoms with van der Waals surface area (Å²) in [7, 11) is 0. The van der Waals surface area contributed by atoms with Gasteiger partial charge in [0.2, 0.25) is 5.95 Å². The van der Waals surface area contributed by atoms with Gasteiger partial charge >= 0.3 is 0 Å². The van der Waals surface area contributed by atoms with Crippen molar-refractivity contribution in [2.24, 2.45) is 0 Å². The minimum atomic E-state index is -0.0367. The smallest absolute Gasteiger partial charge is 0.252 e. The molecular formula is C18H18N6O. The largest absolute Gasteiger partial charge is 0.324 e. The van der Waals surface area contributed by atoms with E-state index in [0.717, 1.165) is 34.8 Å². The molecule has 0 amide bonds. The second-order valence-corrected chi connectivity index (χ2v) is 5.95. The maximum atomic E-state index is 12.2. The zero-order valence-corrected chi connectivity index (χ0v) is 13.9. The van der Waals surface area contributed by atoms with Crippen molar-refractivity contribution in [2.45, 2.75) is 26.3 Å². The lowest BCUT2D eigenvalue weighted by atomic mass is 10.2. The standard InChI is InChI=1S/C18H18N6O/c1-2-3-8-24-16(25)7-4-12-10-19-18(22-17(12)24)21-14-5-6-15-13(9-14)11-20-23-15/h4-7,9-11H,2-3,8H2,1H3,(H,20,23)(H,19,21,22). The SMILES string of the molecule is CCCCn1c(=O)ccc2cnc(Nc3ccc4[nH]ncc4c3)nc21. The molecule has 4 aromatic rings. The first-order chi connectivity index (χ1) is 12.2. The molecular weight excluding hydrogens is 316 g/mol. The minimum Gasteiger partial charge on any atom is -0.324 e. The van der Waals surface area contributed by atoms with E-state index >= 15 is 0 Å². The van der Waals surface area contributed by atoms with Crippen LogP contribution in [0.5, 0.6) is 0 Å². The van der Waals surface area contributed by atoms with Gasteiger partial charge in [0, 0.05) is 35.3 Å². The molecule has 0 unspecified atom stereocenters. The monoisotopic (exact) mass is 334 g/mol. The number of unbranched alkanes of at least 4 members (excludes halogenated alkanes) is 1. The molecule has 3 heterocycles. The van der Waals surface area contributed by atoms with Gasteiger partial charge in [-0.05, 0) is 30.7 Å². The number of aromatic amines is 1. The number of pyridine rings is 1. The number of rotatable bonds is 5. The van der Waals surface area contributed by atoms with Crippen LogP contribution < -0.4 is 10.9 Å². The number of aryl methyl sites for hydroxylation is 1. The lowest BCUT2D eigenvalue weighted by molar-refractivity contribution is 0.627. The molecule has 7 nitrogen and oxygen atoms in total. The maximum Gasteiger partial charge on any atom is 0.252 e. The Morgan fingerprint density at radius 1 is 1.16 bits per heavy atom. The molecule has 0 atom stereocenters. The molecule has 0 aliphatic carbocycles. The van der Waals surface area contributed by atoms with Crippen molar-refractivity contribution in [3.8, 4) is 0 Å². The van der Waals surface area contributed by atoms with Crippen LogP contribution in [0.2, 0.25) is 0 Å². The van der Waals surface area contributed by atoms with Crippen molar-refractivity contribution in [2.75, 3.05) is 5.32 Å². The third-order valence-corrected chi connectivity index (χ3v) is 4.15. The van der Waals surface area contributed by atoms with E-state index in [1.807, 2.05) is 18.2 Å². The van der Waals surface area contributed by atoms with E-state index in [-0.39, 0.29) is 5.56 Å². The summed E-state index contributed by atoms with van der Waals surface area (Å²) in [4.78, 5) is 21.1. The molecule has 0 bridgehead atoms. The van der Waals surface area contributed by atoms with Gasteiger partial charge in [-0.25, -0.2) is 4.98 Å². The molecule has 0 radical (unpaired) electrons. The van der Waals surface area contributed by atoms with Crippen LogP contribution in [0.4, 0.5) is 11.6 Å². The summed E-state index contributed by atoms with van der Waals surface area (Å²) in [6.07, 6.45) is 5.46. The quantitative estimate of drug-likeness (QED) is 0.585. The second-order valence-electron chi connectivity index (χ2n) is 5.95. The molecule has 0 saturated carbocycles. The average Bonchev–Trinajstić information content (AvgIpc) is 3.09. The van der Waals surface area contributed by atoms with E-state index in [1.54, 1.807) is 29.1 Å². The van der Waals surface area contributed by atoms with Crippen LogP contribution in [-0.4, -0.2) is 24.7 Å². The number of benzene rings is 1. The van der Waals surface area contributed by atoms with Crippen LogP contribution in [-0.2, 0) is 6.54 Å². The van der Waals surface area contributed by atoms with E-state index < -0.39 is 0 Å². The molecule has 3 aromatic heterocycles. The Kier molecular flexibility index (Phi) is 3.89. The number of anilines is 2. The summed E-state index contributed by atoms with van der Waals surface area (Å²) < 4.78 is 1.71. The van der Waals surface area contributed by atoms with Gasteiger partial charge in [0.15, 0.2) is 0 Å². The highest BCUT2D eigenvalue weighted by molar-refractivity contribution is 5.83. The van der Waals surface area contributed by atoms with Gasteiger partial charge in [-0.15, -0.1) is 0 Å². The number of nitrogens with one attached hydrogen (secondary N) is 2. The molecule has 0 saturated heterocycles. The Morgan fingerprint density at radius 3 is 2.96 bits per heavy atom. The number of aromatic nitrogens is 5. The molecule has 25 heavy (non-hydrogen) atoms. The zero-order valence-electron chi connectivity index (χ0n) is 13.9. The lowest BCUT2D eigenvalue weighted by Crippen LogP contribution is -2.20. The molecule has 4 rings (SSSR count). The van der Waals surface area contributed by atoms with Gasteiger partial charge in [0.25, 0.3) is 5.56 Å². The first-order valence-corrected chi connectivity index (χ1v) is 8.31. The highest BCUT2D eigenvalue weighted by Crippen LogP contribution is 2.20. The normalized spacial score (nSPS) is 11.2. The molecule has 0 aliphatic rings. The minimum absolute atomic E-state index is 0.0367. The first kappa shape index (κ1) is 15.3. The molecule has 2 N–H and O–H groups in total. The van der Waals surface area contributed by atoms with E-state index in [9.17, 15) is 4.79 Å². The first-order valence-electron chi connectivity index (χ1n) is 8.31. The second kappa shape index (κ2) is 6.35. The number of hydrogen-bond acceptors (Lipinski definition) is 5. The fraction of sp³-hybridized carbons (Fsp3) is 0.222. The van der Waals surface area contributed by atoms with Crippen LogP contribution in [0.1, 0.15) is 19.8 Å². The van der Waals surface area contributed by atoms with Crippen LogP contribution in [0.25, 0.3) is 21.9 Å². The average molecular weight is 334 g/mol. The highest BCUT2D eigenvalue weighted by atomic mass is 16.1. The van der Waals surface area contributed by atoms with Crippen LogP contribution in [0.15, 0.2) is 47.5 Å². The fourth-order valence-electron chi connectivity index (χ4n) is 2.81. The molecule has 0 aliphatic heterocycles. The van der Waals surface area contributed by atoms with Gasteiger partial charge in [-0.3, -0.25) is 14.5 Å². The molecule has 7 heteroatoms. The predicted molar refractivity (Wildman–Crippen MR) is 98.1 cm³/mol. The third kappa shape index (κ3) is 2.96. The fourth-order valence-corrected chi connectivity index (χ4v) is 2.81. The van der Waals surface area contributed by atoms with E-state index in [2.05, 4.69) is 32.4 Å². The van der Waals surface area contributed by atoms with Crippen molar-refractivity contribution in [3.05, 3.63) is 53.1 Å². The summed E-state index contributed by atoms with van der Waals surface area (Å²) in [5.74, 6) is 0.464. The number of fused-ring (bicyclic) bond motifs is 2. The Balaban J connectivity index is 1.73. The summed E-state index contributed by atoms with van der Waals surface area (Å²) >= 11 is 0. The zero-order chi connectivity index (χ0) is 17.2. The Labute approximate surface area is 143 Å². The Morgan fingerprint density at radius 2 is 2.08 bits per heavy atom. The van der Waals surface area contributed by atoms with Gasteiger partial charge in [0.1, 0.15) is 5.65 Å². The number of hydrogen-bond donors (Lipinski definition) is 2. The van der Waals surface area contributed by atoms with Gasteiger partial charge in [-0.1, -0.05) is 13.3 Å². The Bertz CT molecular complexity index is 1100. The van der Waals surface area contributed by atoms with Crippen LogP contribution >= 0.6 is 0 Å². The molecule has 0 fully saturated rings. The predicted octanol–water partition coefficient (Wildman–Crippen LogP) is 3.21. The number of nitrogens with zero attached hydrogens (tertiary/aromatic N) is 4. The summed E-state index contributed by atoms with van der Waals surface area (Å²) in [6, 6.07) is 9.19. The molecule has 0 spiro atoms. The maximum absolute atomic E-state index is 12.2. The van der Waals surface area contributed by atoms with Crippen LogP contribution in [0, 0.1) is 0 Å². The van der Waals surface area contributed by atoms with Crippen molar-refractivity contribution >= 4 is 33.6 Å². The van der Waals surface area contributed by atoms with Crippen molar-refractivity contribution < 1.29 is 0 Å². The summed E-state index contributed by atoms with van der Waals surface area (Å²) in [5.41, 5.74) is 2.46. The molecule has 126 valence electrons. The third-order valence-electron chi connectivity index (χ3n) is 4.15. The highest BCUT2D eigenvalue weighted by Gasteiger charge is 2.07. The van der Waals surface area contributed by atoms with Gasteiger partial charge in [-0.2, -0.15) is 10.1 Å². The van der Waals surface area contributed by atoms with E-state index in [4.69, 9.17) is 0 Å². The number of H-pyrrole nitrogens is 1. The van der Waals surface area contributed by atoms with Crippen molar-refractivity contribution in [3.63, 3.8) is 0 Å². The summed E-state index contributed by atoms with van der Waals surface area (Å²) in [5, 5.41) is 12.0. The van der Waals surface area contributed by atoms with E-state index in [0.29, 0.717) is 18.1 Å². The van der Waals surface area contributed by atoms with Crippen molar-refractivity contribution in [1.82, 2.24) is 24.7 Å².